The van der Waals surface area contributed by atoms with Gasteiger partial charge in [-0.3, -0.25) is 14.3 Å². The zero-order chi connectivity index (χ0) is 21.9. The number of amides is 2. The summed E-state index contributed by atoms with van der Waals surface area (Å²) in [7, 11) is -5.29. The van der Waals surface area contributed by atoms with Crippen molar-refractivity contribution >= 4 is 33.4 Å². The average molecular weight is 435 g/mol. The van der Waals surface area contributed by atoms with E-state index in [0.717, 1.165) is 24.3 Å². The summed E-state index contributed by atoms with van der Waals surface area (Å²) >= 11 is 0. The van der Waals surface area contributed by atoms with Gasteiger partial charge in [-0.05, 0) is 36.4 Å². The topological polar surface area (TPSA) is 156 Å². The van der Waals surface area contributed by atoms with E-state index in [9.17, 15) is 31.7 Å². The van der Waals surface area contributed by atoms with Crippen LogP contribution in [0.2, 0.25) is 0 Å². The molecular weight excluding hydrogens is 421 g/mol. The van der Waals surface area contributed by atoms with Crippen molar-refractivity contribution in [3.63, 3.8) is 0 Å². The molecule has 30 heavy (non-hydrogen) atoms. The van der Waals surface area contributed by atoms with Gasteiger partial charge in [-0.25, -0.2) is 14.0 Å². The average Bonchev–Trinajstić information content (AvgIpc) is 2.67. The Hall–Kier alpha value is -3.97. The molecule has 2 aromatic carbocycles. The van der Waals surface area contributed by atoms with E-state index in [1.165, 1.54) is 12.1 Å². The highest BCUT2D eigenvalue weighted by atomic mass is 32.2. The smallest absolute Gasteiger partial charge is 0.312 e. The first-order valence-electron chi connectivity index (χ1n) is 8.18. The van der Waals surface area contributed by atoms with E-state index in [1.54, 1.807) is 23.2 Å². The van der Waals surface area contributed by atoms with E-state index in [1.807, 2.05) is 0 Å². The summed E-state index contributed by atoms with van der Waals surface area (Å²) in [6, 6.07) is 10.8. The van der Waals surface area contributed by atoms with Gasteiger partial charge in [0, 0.05) is 11.9 Å². The molecule has 4 N–H and O–H groups in total. The fourth-order valence-corrected chi connectivity index (χ4v) is 3.22. The number of halogens is 1. The Morgan fingerprint density at radius 3 is 2.23 bits per heavy atom. The van der Waals surface area contributed by atoms with Gasteiger partial charge in [0.05, 0.1) is 5.69 Å². The molecule has 0 aliphatic carbocycles. The van der Waals surface area contributed by atoms with E-state index in [-0.39, 0.29) is 15.8 Å². The monoisotopic (exact) mass is 435 g/mol. The first-order valence-corrected chi connectivity index (χ1v) is 9.58. The number of benzene rings is 2. The number of hydrogen-bond donors (Lipinski definition) is 4. The second-order valence-electron chi connectivity index (χ2n) is 5.76. The lowest BCUT2D eigenvalue weighted by Crippen LogP contribution is -2.54. The van der Waals surface area contributed by atoms with Crippen LogP contribution < -0.4 is 26.0 Å². The fraction of sp³-hybridized carbons (Fsp3) is 0. The highest BCUT2D eigenvalue weighted by Crippen LogP contribution is 2.24. The zero-order valence-electron chi connectivity index (χ0n) is 14.9. The normalized spacial score (nSPS) is 11.0. The van der Waals surface area contributed by atoms with Gasteiger partial charge >= 0.3 is 22.0 Å². The highest BCUT2D eigenvalue weighted by Gasteiger charge is 2.34. The molecule has 0 saturated heterocycles. The summed E-state index contributed by atoms with van der Waals surface area (Å²) in [6.07, 6.45) is 0.696. The van der Waals surface area contributed by atoms with Gasteiger partial charge in [0.1, 0.15) is 5.82 Å². The number of rotatable bonds is 5. The van der Waals surface area contributed by atoms with E-state index in [0.29, 0.717) is 11.2 Å². The van der Waals surface area contributed by atoms with Crippen LogP contribution in [0.15, 0.2) is 70.4 Å². The Balaban J connectivity index is 2.19. The molecule has 0 fully saturated rings. The lowest BCUT2D eigenvalue weighted by atomic mass is 10.3. The van der Waals surface area contributed by atoms with Crippen LogP contribution in [0.3, 0.4) is 0 Å². The molecule has 0 bridgehead atoms. The molecule has 0 aliphatic heterocycles. The predicted octanol–water partition coefficient (Wildman–Crippen LogP) is 1.47. The Kier molecular flexibility index (Phi) is 5.66. The number of H-pyrrole nitrogens is 2. The third kappa shape index (κ3) is 4.53. The summed E-state index contributed by atoms with van der Waals surface area (Å²) in [6.45, 7) is 0. The maximum absolute atomic E-state index is 13.4. The molecule has 0 radical (unpaired) electrons. The Bertz CT molecular complexity index is 1270. The second kappa shape index (κ2) is 8.18. The number of hydrazine groups is 1. The van der Waals surface area contributed by atoms with Gasteiger partial charge in [0.25, 0.3) is 5.56 Å². The zero-order valence-corrected chi connectivity index (χ0v) is 15.8. The lowest BCUT2D eigenvalue weighted by Gasteiger charge is -2.32. The molecule has 0 saturated carbocycles. The van der Waals surface area contributed by atoms with Crippen molar-refractivity contribution in [2.45, 2.75) is 0 Å². The van der Waals surface area contributed by atoms with Crippen LogP contribution in [0.4, 0.5) is 26.2 Å². The maximum atomic E-state index is 13.4. The number of nitrogens with zero attached hydrogens (tertiary/aromatic N) is 2. The van der Waals surface area contributed by atoms with Crippen LogP contribution in [-0.4, -0.2) is 29.0 Å². The van der Waals surface area contributed by atoms with Crippen molar-refractivity contribution in [1.29, 1.82) is 0 Å². The van der Waals surface area contributed by atoms with Crippen LogP contribution in [0.5, 0.6) is 0 Å². The number of anilines is 3. The predicted molar refractivity (Wildman–Crippen MR) is 106 cm³/mol. The molecule has 3 aromatic rings. The van der Waals surface area contributed by atoms with Gasteiger partial charge in [0.15, 0.2) is 5.69 Å². The van der Waals surface area contributed by atoms with Crippen molar-refractivity contribution in [2.75, 3.05) is 14.7 Å². The van der Waals surface area contributed by atoms with E-state index >= 15 is 0 Å². The number of urea groups is 1. The number of para-hydroxylation sites is 1. The molecule has 0 aliphatic rings. The summed E-state index contributed by atoms with van der Waals surface area (Å²) in [5, 5.41) is 2.79. The number of hydrogen-bond acceptors (Lipinski definition) is 5. The fourth-order valence-electron chi connectivity index (χ4n) is 2.46. The van der Waals surface area contributed by atoms with Crippen molar-refractivity contribution in [1.82, 2.24) is 9.97 Å². The quantitative estimate of drug-likeness (QED) is 0.351. The Morgan fingerprint density at radius 1 is 1.03 bits per heavy atom. The van der Waals surface area contributed by atoms with Crippen molar-refractivity contribution in [2.24, 2.45) is 0 Å². The minimum Gasteiger partial charge on any atom is -0.312 e. The molecule has 13 heteroatoms. The third-order valence-electron chi connectivity index (χ3n) is 3.69. The molecule has 1 aromatic heterocycles. The van der Waals surface area contributed by atoms with Crippen LogP contribution in [0, 0.1) is 5.82 Å². The van der Waals surface area contributed by atoms with Crippen LogP contribution in [0.25, 0.3) is 0 Å². The SMILES string of the molecule is O=C(Nc1ccccc1)N(c1ccc(F)cc1)N(c1c[nH]c(=O)[nH]c1=O)S(=O)(=O)O. The second-order valence-corrected chi connectivity index (χ2v) is 7.00. The van der Waals surface area contributed by atoms with Crippen LogP contribution in [0.1, 0.15) is 0 Å². The summed E-state index contributed by atoms with van der Waals surface area (Å²) in [5.74, 6) is -0.678. The summed E-state index contributed by atoms with van der Waals surface area (Å²) in [5.41, 5.74) is -2.91. The summed E-state index contributed by atoms with van der Waals surface area (Å²) < 4.78 is 47.4. The van der Waals surface area contributed by atoms with Crippen molar-refractivity contribution < 1.29 is 22.2 Å². The number of carbonyl (C=O) groups is 1. The number of aromatic amines is 2. The van der Waals surface area contributed by atoms with Gasteiger partial charge < -0.3 is 10.3 Å². The lowest BCUT2D eigenvalue weighted by molar-refractivity contribution is 0.257. The molecule has 11 nitrogen and oxygen atoms in total. The first kappa shape index (κ1) is 20.8. The molecule has 1 heterocycles. The molecule has 0 spiro atoms. The summed E-state index contributed by atoms with van der Waals surface area (Å²) in [4.78, 5) is 40.3. The van der Waals surface area contributed by atoms with E-state index < -0.39 is 39.1 Å². The number of carbonyl (C=O) groups excluding carboxylic acids is 1. The largest absolute Gasteiger partial charge is 0.378 e. The van der Waals surface area contributed by atoms with Gasteiger partial charge in [-0.2, -0.15) is 13.4 Å². The van der Waals surface area contributed by atoms with Crippen LogP contribution in [-0.2, 0) is 10.3 Å². The first-order chi connectivity index (χ1) is 14.2. The molecule has 2 amide bonds. The van der Waals surface area contributed by atoms with Crippen LogP contribution >= 0.6 is 0 Å². The highest BCUT2D eigenvalue weighted by molar-refractivity contribution is 7.87. The molecule has 0 unspecified atom stereocenters. The molecule has 156 valence electrons. The molecular formula is C17H14FN5O6S. The van der Waals surface area contributed by atoms with Gasteiger partial charge in [0.2, 0.25) is 0 Å². The third-order valence-corrected chi connectivity index (χ3v) is 4.49. The van der Waals surface area contributed by atoms with E-state index in [4.69, 9.17) is 0 Å². The Labute approximate surface area is 168 Å². The number of aromatic nitrogens is 2. The van der Waals surface area contributed by atoms with E-state index in [2.05, 4.69) is 10.3 Å². The molecule has 3 rings (SSSR count). The minimum atomic E-state index is -5.29. The van der Waals surface area contributed by atoms with Gasteiger partial charge in [-0.1, -0.05) is 18.2 Å². The van der Waals surface area contributed by atoms with Crippen molar-refractivity contribution in [3.05, 3.63) is 87.4 Å². The molecule has 0 atom stereocenters. The van der Waals surface area contributed by atoms with Crippen molar-refractivity contribution in [3.8, 4) is 0 Å². The van der Waals surface area contributed by atoms with Gasteiger partial charge in [-0.15, -0.1) is 4.41 Å². The Morgan fingerprint density at radius 2 is 1.67 bits per heavy atom. The standard InChI is InChI=1S/C17H14FN5O6S/c18-11-6-8-13(9-7-11)22(17(26)20-12-4-2-1-3-5-12)23(30(27,28)29)14-10-19-16(25)21-15(14)24/h1-10H,(H,20,26)(H,27,28,29)(H2,19,21,24,25). The maximum Gasteiger partial charge on any atom is 0.378 e. The minimum absolute atomic E-state index is 0.0344. The number of nitrogens with one attached hydrogen (secondary N) is 3.